The minimum atomic E-state index is 0.301. The highest BCUT2D eigenvalue weighted by Crippen LogP contribution is 2.34. The molecule has 4 heteroatoms. The average molecular weight is 208 g/mol. The van der Waals surface area contributed by atoms with E-state index in [0.717, 1.165) is 11.5 Å². The van der Waals surface area contributed by atoms with Crippen molar-refractivity contribution in [1.29, 1.82) is 0 Å². The van der Waals surface area contributed by atoms with Crippen LogP contribution in [-0.4, -0.2) is 15.0 Å². The number of anilines is 1. The quantitative estimate of drug-likeness (QED) is 0.812. The summed E-state index contributed by atoms with van der Waals surface area (Å²) in [7, 11) is 0. The molecule has 0 aliphatic heterocycles. The van der Waals surface area contributed by atoms with E-state index in [1.165, 1.54) is 32.1 Å². The average Bonchev–Trinajstić information content (AvgIpc) is 2.61. The fourth-order valence-electron chi connectivity index (χ4n) is 2.36. The van der Waals surface area contributed by atoms with Crippen molar-refractivity contribution >= 4 is 5.82 Å². The van der Waals surface area contributed by atoms with Crippen LogP contribution in [0.4, 0.5) is 5.82 Å². The van der Waals surface area contributed by atoms with Gasteiger partial charge in [-0.2, -0.15) is 0 Å². The van der Waals surface area contributed by atoms with Crippen LogP contribution >= 0.6 is 0 Å². The second-order valence-electron chi connectivity index (χ2n) is 4.73. The number of hydrogen-bond donors (Lipinski definition) is 1. The van der Waals surface area contributed by atoms with Gasteiger partial charge in [-0.25, -0.2) is 4.68 Å². The molecular formula is C11H20N4. The Morgan fingerprint density at radius 3 is 2.47 bits per heavy atom. The molecule has 1 heterocycles. The largest absolute Gasteiger partial charge is 0.382 e. The minimum Gasteiger partial charge on any atom is -0.382 e. The second-order valence-corrected chi connectivity index (χ2v) is 4.73. The van der Waals surface area contributed by atoms with Crippen LogP contribution in [0.15, 0.2) is 0 Å². The SMILES string of the molecule is CC(C)n1nnc(C2CCCCC2)c1N. The van der Waals surface area contributed by atoms with Gasteiger partial charge in [0.1, 0.15) is 11.5 Å². The molecule has 1 fully saturated rings. The first kappa shape index (κ1) is 10.5. The molecule has 1 saturated carbocycles. The van der Waals surface area contributed by atoms with E-state index in [-0.39, 0.29) is 0 Å². The van der Waals surface area contributed by atoms with E-state index in [1.807, 2.05) is 4.68 Å². The predicted octanol–water partition coefficient (Wildman–Crippen LogP) is 2.49. The Hall–Kier alpha value is -1.06. The Labute approximate surface area is 90.8 Å². The molecule has 0 atom stereocenters. The molecule has 0 saturated heterocycles. The number of rotatable bonds is 2. The van der Waals surface area contributed by atoms with E-state index in [2.05, 4.69) is 24.2 Å². The van der Waals surface area contributed by atoms with Gasteiger partial charge in [-0.05, 0) is 26.7 Å². The maximum Gasteiger partial charge on any atom is 0.146 e. The first-order valence-electron chi connectivity index (χ1n) is 5.90. The summed E-state index contributed by atoms with van der Waals surface area (Å²) in [5.74, 6) is 1.32. The third-order valence-corrected chi connectivity index (χ3v) is 3.24. The molecule has 1 aromatic heterocycles. The Kier molecular flexibility index (Phi) is 2.93. The lowest BCUT2D eigenvalue weighted by Crippen LogP contribution is -2.10. The zero-order chi connectivity index (χ0) is 10.8. The van der Waals surface area contributed by atoms with E-state index in [1.54, 1.807) is 0 Å². The van der Waals surface area contributed by atoms with Crippen LogP contribution in [0.3, 0.4) is 0 Å². The lowest BCUT2D eigenvalue weighted by molar-refractivity contribution is 0.437. The van der Waals surface area contributed by atoms with E-state index in [9.17, 15) is 0 Å². The van der Waals surface area contributed by atoms with Crippen LogP contribution in [0.5, 0.6) is 0 Å². The van der Waals surface area contributed by atoms with Crippen molar-refractivity contribution in [3.63, 3.8) is 0 Å². The van der Waals surface area contributed by atoms with Crippen molar-refractivity contribution in [3.05, 3.63) is 5.69 Å². The molecule has 0 spiro atoms. The summed E-state index contributed by atoms with van der Waals surface area (Å²) >= 11 is 0. The first-order chi connectivity index (χ1) is 7.20. The molecule has 1 aromatic rings. The molecule has 0 aromatic carbocycles. The Balaban J connectivity index is 2.20. The Morgan fingerprint density at radius 1 is 1.27 bits per heavy atom. The Morgan fingerprint density at radius 2 is 1.93 bits per heavy atom. The summed E-state index contributed by atoms with van der Waals surface area (Å²) in [6.45, 7) is 4.16. The van der Waals surface area contributed by atoms with Crippen molar-refractivity contribution in [1.82, 2.24) is 15.0 Å². The molecule has 2 rings (SSSR count). The van der Waals surface area contributed by atoms with Crippen molar-refractivity contribution in [2.75, 3.05) is 5.73 Å². The molecule has 0 unspecified atom stereocenters. The summed E-state index contributed by atoms with van der Waals surface area (Å²) in [5.41, 5.74) is 7.10. The van der Waals surface area contributed by atoms with Crippen LogP contribution in [-0.2, 0) is 0 Å². The fraction of sp³-hybridized carbons (Fsp3) is 0.818. The number of nitrogens with zero attached hydrogens (tertiary/aromatic N) is 3. The maximum absolute atomic E-state index is 6.07. The van der Waals surface area contributed by atoms with E-state index in [4.69, 9.17) is 5.73 Å². The highest BCUT2D eigenvalue weighted by molar-refractivity contribution is 5.37. The zero-order valence-electron chi connectivity index (χ0n) is 9.61. The molecule has 15 heavy (non-hydrogen) atoms. The van der Waals surface area contributed by atoms with E-state index < -0.39 is 0 Å². The van der Waals surface area contributed by atoms with Gasteiger partial charge in [0.05, 0.1) is 6.04 Å². The van der Waals surface area contributed by atoms with Crippen molar-refractivity contribution in [2.45, 2.75) is 57.9 Å². The van der Waals surface area contributed by atoms with Gasteiger partial charge < -0.3 is 5.73 Å². The standard InChI is InChI=1S/C11H20N4/c1-8(2)15-11(12)10(13-14-15)9-6-4-3-5-7-9/h8-9H,3-7,12H2,1-2H3. The number of hydrogen-bond acceptors (Lipinski definition) is 3. The highest BCUT2D eigenvalue weighted by Gasteiger charge is 2.22. The monoisotopic (exact) mass is 208 g/mol. The molecule has 0 bridgehead atoms. The third kappa shape index (κ3) is 1.98. The summed E-state index contributed by atoms with van der Waals surface area (Å²) in [6.07, 6.45) is 6.41. The highest BCUT2D eigenvalue weighted by atomic mass is 15.5. The fourth-order valence-corrected chi connectivity index (χ4v) is 2.36. The minimum absolute atomic E-state index is 0.301. The first-order valence-corrected chi connectivity index (χ1v) is 5.90. The zero-order valence-corrected chi connectivity index (χ0v) is 9.61. The predicted molar refractivity (Wildman–Crippen MR) is 60.6 cm³/mol. The summed E-state index contributed by atoms with van der Waals surface area (Å²) in [6, 6.07) is 0.301. The topological polar surface area (TPSA) is 56.7 Å². The molecule has 1 aliphatic rings. The van der Waals surface area contributed by atoms with Crippen molar-refractivity contribution in [2.24, 2.45) is 0 Å². The van der Waals surface area contributed by atoms with Gasteiger partial charge in [0, 0.05) is 5.92 Å². The molecule has 1 aliphatic carbocycles. The number of aromatic nitrogens is 3. The van der Waals surface area contributed by atoms with Crippen LogP contribution in [0.2, 0.25) is 0 Å². The summed E-state index contributed by atoms with van der Waals surface area (Å²) < 4.78 is 1.82. The third-order valence-electron chi connectivity index (χ3n) is 3.24. The van der Waals surface area contributed by atoms with Gasteiger partial charge in [-0.15, -0.1) is 5.10 Å². The molecule has 2 N–H and O–H groups in total. The number of nitrogen functional groups attached to an aromatic ring is 1. The molecular weight excluding hydrogens is 188 g/mol. The van der Waals surface area contributed by atoms with Gasteiger partial charge in [0.15, 0.2) is 0 Å². The molecule has 84 valence electrons. The molecule has 4 nitrogen and oxygen atoms in total. The number of nitrogens with two attached hydrogens (primary N) is 1. The lowest BCUT2D eigenvalue weighted by Gasteiger charge is -2.19. The van der Waals surface area contributed by atoms with Gasteiger partial charge >= 0.3 is 0 Å². The van der Waals surface area contributed by atoms with Crippen molar-refractivity contribution in [3.8, 4) is 0 Å². The van der Waals surface area contributed by atoms with Crippen LogP contribution in [0, 0.1) is 0 Å². The summed E-state index contributed by atoms with van der Waals surface area (Å²) in [4.78, 5) is 0. The molecule has 0 amide bonds. The molecule has 0 radical (unpaired) electrons. The van der Waals surface area contributed by atoms with E-state index in [0.29, 0.717) is 12.0 Å². The van der Waals surface area contributed by atoms with Gasteiger partial charge in [0.2, 0.25) is 0 Å². The maximum atomic E-state index is 6.07. The van der Waals surface area contributed by atoms with Crippen LogP contribution in [0.1, 0.15) is 63.6 Å². The smallest absolute Gasteiger partial charge is 0.146 e. The van der Waals surface area contributed by atoms with Gasteiger partial charge in [-0.3, -0.25) is 0 Å². The van der Waals surface area contributed by atoms with E-state index >= 15 is 0 Å². The van der Waals surface area contributed by atoms with Gasteiger partial charge in [0.25, 0.3) is 0 Å². The van der Waals surface area contributed by atoms with Gasteiger partial charge in [-0.1, -0.05) is 24.5 Å². The normalized spacial score (nSPS) is 18.6. The lowest BCUT2D eigenvalue weighted by atomic mass is 9.87. The van der Waals surface area contributed by atoms with Crippen LogP contribution in [0.25, 0.3) is 0 Å². The summed E-state index contributed by atoms with van der Waals surface area (Å²) in [5, 5.41) is 8.38. The second kappa shape index (κ2) is 4.21. The Bertz CT molecular complexity index is 323. The van der Waals surface area contributed by atoms with Crippen LogP contribution < -0.4 is 5.73 Å². The van der Waals surface area contributed by atoms with Crippen molar-refractivity contribution < 1.29 is 0 Å².